The Balaban J connectivity index is 1.40. The summed E-state index contributed by atoms with van der Waals surface area (Å²) in [6, 6.07) is 18.7. The second kappa shape index (κ2) is 16.4. The van der Waals surface area contributed by atoms with Crippen molar-refractivity contribution in [1.29, 1.82) is 0 Å². The Kier molecular flexibility index (Phi) is 12.4. The van der Waals surface area contributed by atoms with E-state index >= 15 is 0 Å². The Bertz CT molecular complexity index is 1770. The molecule has 0 fully saturated rings. The third-order valence-corrected chi connectivity index (χ3v) is 9.73. The van der Waals surface area contributed by atoms with Crippen LogP contribution >= 0.6 is 0 Å². The van der Waals surface area contributed by atoms with Crippen molar-refractivity contribution in [2.24, 2.45) is 5.92 Å². The molecule has 250 valence electrons. The van der Waals surface area contributed by atoms with E-state index in [1.165, 1.54) is 22.8 Å². The number of hydrogen-bond acceptors (Lipinski definition) is 7. The minimum absolute atomic E-state index is 0.0437. The number of hydrogen-bond donors (Lipinski definition) is 4. The number of halogens is 1. The highest BCUT2D eigenvalue weighted by atomic mass is 32.2. The van der Waals surface area contributed by atoms with E-state index in [-0.39, 0.29) is 41.9 Å². The number of fused-ring (bicyclic) bond motifs is 1. The molecule has 0 bridgehead atoms. The normalized spacial score (nSPS) is 13.1. The van der Waals surface area contributed by atoms with Crippen molar-refractivity contribution in [3.05, 3.63) is 102 Å². The van der Waals surface area contributed by atoms with Crippen molar-refractivity contribution in [3.63, 3.8) is 0 Å². The van der Waals surface area contributed by atoms with Gasteiger partial charge in [-0.25, -0.2) is 12.8 Å². The number of aromatic nitrogens is 1. The topological polar surface area (TPSA) is 155 Å². The number of rotatable bonds is 16. The van der Waals surface area contributed by atoms with E-state index in [2.05, 4.69) is 15.6 Å². The van der Waals surface area contributed by atoms with Gasteiger partial charge in [-0.15, -0.1) is 0 Å². The van der Waals surface area contributed by atoms with Gasteiger partial charge in [0.1, 0.15) is 11.9 Å². The van der Waals surface area contributed by atoms with E-state index < -0.39 is 40.4 Å². The van der Waals surface area contributed by atoms with Gasteiger partial charge in [0.05, 0.1) is 17.2 Å². The number of nitrogens with two attached hydrogens (primary N) is 1. The highest BCUT2D eigenvalue weighted by Gasteiger charge is 2.32. The summed E-state index contributed by atoms with van der Waals surface area (Å²) in [6.45, 7) is 3.75. The van der Waals surface area contributed by atoms with E-state index in [4.69, 9.17) is 5.73 Å². The quantitative estimate of drug-likeness (QED) is 0.103. The van der Waals surface area contributed by atoms with Gasteiger partial charge in [-0.05, 0) is 65.4 Å². The van der Waals surface area contributed by atoms with Gasteiger partial charge in [-0.3, -0.25) is 14.6 Å². The minimum atomic E-state index is -4.08. The summed E-state index contributed by atoms with van der Waals surface area (Å²) in [5.41, 5.74) is 6.64. The monoisotopic (exact) mass is 663 g/mol. The highest BCUT2D eigenvalue weighted by Crippen LogP contribution is 2.25. The van der Waals surface area contributed by atoms with Crippen LogP contribution in [0.5, 0.6) is 0 Å². The standard InChI is InChI=1S/C35H42FN5O5S/c1-24(2)22-41(47(45,46)30-12-13-31(36)32(37)21-30)29(23-42)9-5-6-16-39-35(44)33(40-34(43)27-14-17-38-18-15-27)20-25-10-11-26-7-3-4-8-28(26)19-25/h3-4,7-8,10-15,17-19,21,24,29,33,42H,5-6,9,16,20,22-23,37H2,1-2H3,(H,39,44)(H,40,43)/t29-,33-/m0/s1. The number of nitrogens with one attached hydrogen (secondary N) is 2. The second-order valence-electron chi connectivity index (χ2n) is 11.9. The number of carbonyl (C=O) groups excluding carboxylic acids is 2. The van der Waals surface area contributed by atoms with Crippen molar-refractivity contribution in [2.75, 3.05) is 25.4 Å². The molecule has 0 spiro atoms. The first-order chi connectivity index (χ1) is 22.5. The van der Waals surface area contributed by atoms with Gasteiger partial charge in [-0.2, -0.15) is 4.31 Å². The van der Waals surface area contributed by atoms with Gasteiger partial charge >= 0.3 is 0 Å². The number of amides is 2. The first kappa shape index (κ1) is 35.5. The molecule has 4 aromatic rings. The Labute approximate surface area is 275 Å². The molecule has 2 atom stereocenters. The number of pyridine rings is 1. The molecule has 0 saturated carbocycles. The van der Waals surface area contributed by atoms with Crippen LogP contribution in [0.2, 0.25) is 0 Å². The smallest absolute Gasteiger partial charge is 0.252 e. The number of aliphatic hydroxyl groups is 1. The largest absolute Gasteiger partial charge is 0.396 e. The predicted octanol–water partition coefficient (Wildman–Crippen LogP) is 4.29. The average molecular weight is 664 g/mol. The first-order valence-corrected chi connectivity index (χ1v) is 17.1. The highest BCUT2D eigenvalue weighted by molar-refractivity contribution is 7.89. The van der Waals surface area contributed by atoms with Crippen LogP contribution in [-0.2, 0) is 21.2 Å². The van der Waals surface area contributed by atoms with Gasteiger partial charge in [0, 0.05) is 43.5 Å². The van der Waals surface area contributed by atoms with Crippen molar-refractivity contribution < 1.29 is 27.5 Å². The summed E-state index contributed by atoms with van der Waals surface area (Å²) in [5.74, 6) is -1.50. The summed E-state index contributed by atoms with van der Waals surface area (Å²) < 4.78 is 42.1. The molecule has 0 aliphatic rings. The lowest BCUT2D eigenvalue weighted by molar-refractivity contribution is -0.122. The van der Waals surface area contributed by atoms with Gasteiger partial charge in [0.25, 0.3) is 5.91 Å². The van der Waals surface area contributed by atoms with Crippen LogP contribution in [0.1, 0.15) is 49.0 Å². The van der Waals surface area contributed by atoms with Crippen molar-refractivity contribution in [1.82, 2.24) is 19.9 Å². The molecule has 1 aromatic heterocycles. The summed E-state index contributed by atoms with van der Waals surface area (Å²) >= 11 is 0. The number of nitrogens with zero attached hydrogens (tertiary/aromatic N) is 2. The summed E-state index contributed by atoms with van der Waals surface area (Å²) in [4.78, 5) is 30.2. The number of aliphatic hydroxyl groups excluding tert-OH is 1. The van der Waals surface area contributed by atoms with E-state index in [0.717, 1.165) is 28.5 Å². The first-order valence-electron chi connectivity index (χ1n) is 15.6. The zero-order valence-electron chi connectivity index (χ0n) is 26.6. The van der Waals surface area contributed by atoms with Gasteiger partial charge in [0.2, 0.25) is 15.9 Å². The van der Waals surface area contributed by atoms with Crippen LogP contribution in [0.25, 0.3) is 10.8 Å². The molecule has 10 nitrogen and oxygen atoms in total. The number of benzene rings is 3. The lowest BCUT2D eigenvalue weighted by atomic mass is 10.0. The van der Waals surface area contributed by atoms with Crippen molar-refractivity contribution in [2.45, 2.75) is 56.5 Å². The van der Waals surface area contributed by atoms with Crippen LogP contribution in [-0.4, -0.2) is 66.4 Å². The molecule has 47 heavy (non-hydrogen) atoms. The fraction of sp³-hybridized carbons (Fsp3) is 0.343. The molecule has 0 aliphatic heterocycles. The lowest BCUT2D eigenvalue weighted by Gasteiger charge is -2.31. The fourth-order valence-electron chi connectivity index (χ4n) is 5.34. The number of unbranched alkanes of at least 4 members (excludes halogenated alkanes) is 1. The predicted molar refractivity (Wildman–Crippen MR) is 180 cm³/mol. The maximum atomic E-state index is 13.7. The Hall–Kier alpha value is -4.39. The molecule has 0 saturated heterocycles. The molecule has 12 heteroatoms. The van der Waals surface area contributed by atoms with Crippen molar-refractivity contribution >= 4 is 38.3 Å². The Morgan fingerprint density at radius 2 is 1.70 bits per heavy atom. The average Bonchev–Trinajstić information content (AvgIpc) is 3.06. The van der Waals surface area contributed by atoms with Gasteiger partial charge in [-0.1, -0.05) is 62.7 Å². The molecule has 4 rings (SSSR count). The van der Waals surface area contributed by atoms with E-state index in [1.807, 2.05) is 56.3 Å². The van der Waals surface area contributed by atoms with E-state index in [9.17, 15) is 27.5 Å². The zero-order valence-corrected chi connectivity index (χ0v) is 27.4. The van der Waals surface area contributed by atoms with Crippen LogP contribution in [0.3, 0.4) is 0 Å². The molecule has 2 amide bonds. The molecular weight excluding hydrogens is 621 g/mol. The molecule has 0 unspecified atom stereocenters. The minimum Gasteiger partial charge on any atom is -0.396 e. The molecule has 0 radical (unpaired) electrons. The summed E-state index contributed by atoms with van der Waals surface area (Å²) in [6.07, 6.45) is 4.62. The third-order valence-electron chi connectivity index (χ3n) is 7.82. The van der Waals surface area contributed by atoms with Crippen LogP contribution in [0, 0.1) is 11.7 Å². The number of anilines is 1. The number of nitrogen functional groups attached to an aromatic ring is 1. The number of carbonyl (C=O) groups is 2. The van der Waals surface area contributed by atoms with Crippen molar-refractivity contribution in [3.8, 4) is 0 Å². The fourth-order valence-corrected chi connectivity index (χ4v) is 7.19. The van der Waals surface area contributed by atoms with Gasteiger partial charge < -0.3 is 21.5 Å². The Morgan fingerprint density at radius 3 is 2.38 bits per heavy atom. The van der Waals surface area contributed by atoms with Crippen LogP contribution in [0.15, 0.2) is 90.1 Å². The molecule has 3 aromatic carbocycles. The van der Waals surface area contributed by atoms with Crippen LogP contribution < -0.4 is 16.4 Å². The molecule has 1 heterocycles. The van der Waals surface area contributed by atoms with Crippen LogP contribution in [0.4, 0.5) is 10.1 Å². The molecule has 5 N–H and O–H groups in total. The SMILES string of the molecule is CC(C)CN([C@H](CO)CCCCNC(=O)[C@H](Cc1ccc2ccccc2c1)NC(=O)c1ccncc1)S(=O)(=O)c1ccc(F)c(N)c1. The van der Waals surface area contributed by atoms with E-state index in [1.54, 1.807) is 12.1 Å². The maximum Gasteiger partial charge on any atom is 0.252 e. The lowest BCUT2D eigenvalue weighted by Crippen LogP contribution is -2.48. The zero-order chi connectivity index (χ0) is 34.0. The second-order valence-corrected chi connectivity index (χ2v) is 13.8. The maximum absolute atomic E-state index is 13.7. The molecule has 0 aliphatic carbocycles. The summed E-state index contributed by atoms with van der Waals surface area (Å²) in [5, 5.41) is 18.1. The molecular formula is C35H42FN5O5S. The Morgan fingerprint density at radius 1 is 0.979 bits per heavy atom. The number of sulfonamides is 1. The third kappa shape index (κ3) is 9.57. The summed E-state index contributed by atoms with van der Waals surface area (Å²) in [7, 11) is -4.08. The van der Waals surface area contributed by atoms with Gasteiger partial charge in [0.15, 0.2) is 0 Å². The van der Waals surface area contributed by atoms with E-state index in [0.29, 0.717) is 24.8 Å².